The maximum atomic E-state index is 13.1. The van der Waals surface area contributed by atoms with Gasteiger partial charge in [-0.3, -0.25) is 14.2 Å². The summed E-state index contributed by atoms with van der Waals surface area (Å²) in [5, 5.41) is 13.8. The lowest BCUT2D eigenvalue weighted by Gasteiger charge is -2.15. The number of methoxy groups -OCH3 is 2. The molecular weight excluding hydrogens is 583 g/mol. The highest BCUT2D eigenvalue weighted by Crippen LogP contribution is 2.34. The minimum atomic E-state index is -4.60. The predicted molar refractivity (Wildman–Crippen MR) is 148 cm³/mol. The second kappa shape index (κ2) is 13.0. The Kier molecular flexibility index (Phi) is 9.40. The zero-order chi connectivity index (χ0) is 29.6. The Hall–Kier alpha value is -4.23. The number of halogens is 4. The fourth-order valence-electron chi connectivity index (χ4n) is 3.77. The van der Waals surface area contributed by atoms with Crippen molar-refractivity contribution >= 4 is 40.9 Å². The number of alkyl halides is 3. The van der Waals surface area contributed by atoms with Gasteiger partial charge < -0.3 is 20.1 Å². The summed E-state index contributed by atoms with van der Waals surface area (Å²) in [5.74, 6) is -0.0269. The average molecular weight is 606 g/mol. The van der Waals surface area contributed by atoms with E-state index in [4.69, 9.17) is 21.1 Å². The molecule has 2 N–H and O–H groups in total. The number of rotatable bonds is 10. The van der Waals surface area contributed by atoms with Gasteiger partial charge in [0.1, 0.15) is 11.5 Å². The summed E-state index contributed by atoms with van der Waals surface area (Å²) in [6, 6.07) is 16.4. The van der Waals surface area contributed by atoms with E-state index in [-0.39, 0.29) is 28.2 Å². The monoisotopic (exact) mass is 605 g/mol. The number of anilines is 1. The van der Waals surface area contributed by atoms with Crippen molar-refractivity contribution in [3.05, 3.63) is 88.7 Å². The fraction of sp³-hybridized carbons (Fsp3) is 0.185. The Balaban J connectivity index is 1.55. The quantitative estimate of drug-likeness (QED) is 0.226. The molecule has 0 saturated heterocycles. The first kappa shape index (κ1) is 29.7. The molecule has 1 heterocycles. The van der Waals surface area contributed by atoms with E-state index in [1.54, 1.807) is 53.1 Å². The topological polar surface area (TPSA) is 107 Å². The summed E-state index contributed by atoms with van der Waals surface area (Å²) >= 11 is 6.99. The highest BCUT2D eigenvalue weighted by Gasteiger charge is 2.31. The third kappa shape index (κ3) is 7.11. The summed E-state index contributed by atoms with van der Waals surface area (Å²) in [6.45, 7) is -0.0332. The third-order valence-corrected chi connectivity index (χ3v) is 6.94. The number of aromatic nitrogens is 3. The molecule has 0 fully saturated rings. The van der Waals surface area contributed by atoms with E-state index in [9.17, 15) is 22.8 Å². The molecule has 3 aromatic carbocycles. The van der Waals surface area contributed by atoms with E-state index in [1.807, 2.05) is 0 Å². The number of para-hydroxylation sites is 3. The van der Waals surface area contributed by atoms with E-state index in [0.29, 0.717) is 28.6 Å². The lowest BCUT2D eigenvalue weighted by atomic mass is 10.2. The first-order chi connectivity index (χ1) is 19.6. The van der Waals surface area contributed by atoms with Crippen molar-refractivity contribution in [1.82, 2.24) is 20.1 Å². The molecule has 214 valence electrons. The van der Waals surface area contributed by atoms with Gasteiger partial charge in [0.05, 0.1) is 54.0 Å². The van der Waals surface area contributed by atoms with Crippen molar-refractivity contribution in [2.24, 2.45) is 0 Å². The van der Waals surface area contributed by atoms with Crippen molar-refractivity contribution in [2.45, 2.75) is 17.9 Å². The average Bonchev–Trinajstić information content (AvgIpc) is 3.37. The number of amides is 2. The largest absolute Gasteiger partial charge is 0.496 e. The van der Waals surface area contributed by atoms with E-state index in [2.05, 4.69) is 20.8 Å². The van der Waals surface area contributed by atoms with Gasteiger partial charge in [0.25, 0.3) is 5.91 Å². The van der Waals surface area contributed by atoms with Crippen LogP contribution in [0, 0.1) is 0 Å². The van der Waals surface area contributed by atoms with Gasteiger partial charge in [0, 0.05) is 0 Å². The van der Waals surface area contributed by atoms with E-state index in [0.717, 1.165) is 30.0 Å². The van der Waals surface area contributed by atoms with E-state index in [1.165, 1.54) is 14.2 Å². The van der Waals surface area contributed by atoms with Crippen molar-refractivity contribution in [2.75, 3.05) is 25.3 Å². The van der Waals surface area contributed by atoms with Crippen LogP contribution < -0.4 is 20.1 Å². The smallest absolute Gasteiger partial charge is 0.416 e. The summed E-state index contributed by atoms with van der Waals surface area (Å²) in [4.78, 5) is 25.6. The molecule has 0 aliphatic heterocycles. The van der Waals surface area contributed by atoms with Crippen molar-refractivity contribution in [3.63, 3.8) is 0 Å². The molecule has 9 nitrogen and oxygen atoms in total. The second-order valence-electron chi connectivity index (χ2n) is 8.32. The molecule has 14 heteroatoms. The maximum Gasteiger partial charge on any atom is 0.416 e. The molecule has 1 aromatic heterocycles. The Morgan fingerprint density at radius 3 is 2.37 bits per heavy atom. The van der Waals surface area contributed by atoms with Crippen molar-refractivity contribution in [3.8, 4) is 17.2 Å². The Labute approximate surface area is 242 Å². The van der Waals surface area contributed by atoms with Crippen LogP contribution in [0.1, 0.15) is 21.7 Å². The van der Waals surface area contributed by atoms with Crippen LogP contribution >= 0.6 is 23.4 Å². The van der Waals surface area contributed by atoms with Gasteiger partial charge in [-0.15, -0.1) is 10.2 Å². The van der Waals surface area contributed by atoms with E-state index >= 15 is 0 Å². The molecule has 2 amide bonds. The Morgan fingerprint density at radius 2 is 1.66 bits per heavy atom. The summed E-state index contributed by atoms with van der Waals surface area (Å²) in [7, 11) is 2.95. The highest BCUT2D eigenvalue weighted by molar-refractivity contribution is 7.99. The fourth-order valence-corrected chi connectivity index (χ4v) is 4.69. The van der Waals surface area contributed by atoms with Gasteiger partial charge in [-0.25, -0.2) is 0 Å². The van der Waals surface area contributed by atoms with Gasteiger partial charge in [-0.05, 0) is 42.5 Å². The molecule has 0 radical (unpaired) electrons. The molecule has 4 aromatic rings. The van der Waals surface area contributed by atoms with Crippen LogP contribution in [0.2, 0.25) is 5.02 Å². The number of hydrogen-bond donors (Lipinski definition) is 2. The SMILES string of the molecule is COc1ccccc1C(=O)NCc1nnc(SCC(=O)Nc2cc(C(F)(F)F)ccc2Cl)n1-c1ccccc1OC. The van der Waals surface area contributed by atoms with Gasteiger partial charge in [0.2, 0.25) is 5.91 Å². The minimum absolute atomic E-state index is 0.0332. The Bertz CT molecular complexity index is 1560. The first-order valence-corrected chi connectivity index (χ1v) is 13.3. The van der Waals surface area contributed by atoms with Crippen LogP contribution in [0.25, 0.3) is 5.69 Å². The number of thioether (sulfide) groups is 1. The standard InChI is InChI=1S/C27H23ClF3N5O4S/c1-39-21-9-5-3-7-17(21)25(38)32-14-23-34-35-26(36(23)20-8-4-6-10-22(20)40-2)41-15-24(37)33-19-13-16(27(29,30)31)11-12-18(19)28/h3-13H,14-15H2,1-2H3,(H,32,38)(H,33,37). The molecule has 0 saturated carbocycles. The van der Waals surface area contributed by atoms with Crippen LogP contribution in [0.15, 0.2) is 71.9 Å². The number of ether oxygens (including phenoxy) is 2. The molecule has 0 spiro atoms. The zero-order valence-corrected chi connectivity index (χ0v) is 23.2. The molecule has 0 atom stereocenters. The van der Waals surface area contributed by atoms with Crippen molar-refractivity contribution in [1.29, 1.82) is 0 Å². The lowest BCUT2D eigenvalue weighted by molar-refractivity contribution is -0.137. The second-order valence-corrected chi connectivity index (χ2v) is 9.67. The summed E-state index contributed by atoms with van der Waals surface area (Å²) < 4.78 is 51.7. The molecular formula is C27H23ClF3N5O4S. The number of nitrogens with one attached hydrogen (secondary N) is 2. The zero-order valence-electron chi connectivity index (χ0n) is 21.7. The van der Waals surface area contributed by atoms with Gasteiger partial charge >= 0.3 is 6.18 Å². The normalized spacial score (nSPS) is 11.2. The first-order valence-electron chi connectivity index (χ1n) is 11.9. The number of hydrogen-bond acceptors (Lipinski definition) is 7. The summed E-state index contributed by atoms with van der Waals surface area (Å²) in [5.41, 5.74) is -0.234. The van der Waals surface area contributed by atoms with Crippen LogP contribution in [0.5, 0.6) is 11.5 Å². The van der Waals surface area contributed by atoms with Crippen LogP contribution in [-0.2, 0) is 17.5 Å². The number of benzene rings is 3. The molecule has 0 unspecified atom stereocenters. The Morgan fingerprint density at radius 1 is 0.976 bits per heavy atom. The molecule has 41 heavy (non-hydrogen) atoms. The van der Waals surface area contributed by atoms with Crippen LogP contribution in [0.3, 0.4) is 0 Å². The van der Waals surface area contributed by atoms with Gasteiger partial charge in [-0.1, -0.05) is 47.6 Å². The third-order valence-electron chi connectivity index (χ3n) is 5.69. The number of carbonyl (C=O) groups excluding carboxylic acids is 2. The predicted octanol–water partition coefficient (Wildman–Crippen LogP) is 5.62. The molecule has 0 aliphatic rings. The maximum absolute atomic E-state index is 13.1. The van der Waals surface area contributed by atoms with E-state index < -0.39 is 23.6 Å². The lowest BCUT2D eigenvalue weighted by Crippen LogP contribution is -2.25. The van der Waals surface area contributed by atoms with Gasteiger partial charge in [-0.2, -0.15) is 13.2 Å². The number of carbonyl (C=O) groups is 2. The van der Waals surface area contributed by atoms with Crippen LogP contribution in [-0.4, -0.2) is 46.6 Å². The van der Waals surface area contributed by atoms with Crippen molar-refractivity contribution < 1.29 is 32.2 Å². The highest BCUT2D eigenvalue weighted by atomic mass is 35.5. The molecule has 4 rings (SSSR count). The van der Waals surface area contributed by atoms with Gasteiger partial charge in [0.15, 0.2) is 11.0 Å². The number of nitrogens with zero attached hydrogens (tertiary/aromatic N) is 3. The minimum Gasteiger partial charge on any atom is -0.496 e. The summed E-state index contributed by atoms with van der Waals surface area (Å²) in [6.07, 6.45) is -4.60. The van der Waals surface area contributed by atoms with Crippen LogP contribution in [0.4, 0.5) is 18.9 Å². The molecule has 0 bridgehead atoms. The molecule has 0 aliphatic carbocycles.